The third kappa shape index (κ3) is 3.83. The third-order valence-electron chi connectivity index (χ3n) is 5.91. The van der Waals surface area contributed by atoms with Gasteiger partial charge in [-0.15, -0.1) is 0 Å². The lowest BCUT2D eigenvalue weighted by Crippen LogP contribution is -2.16. The summed E-state index contributed by atoms with van der Waals surface area (Å²) in [7, 11) is -2.50. The highest BCUT2D eigenvalue weighted by Crippen LogP contribution is 2.33. The van der Waals surface area contributed by atoms with Gasteiger partial charge in [-0.05, 0) is 41.5 Å². The highest BCUT2D eigenvalue weighted by Gasteiger charge is 2.30. The van der Waals surface area contributed by atoms with Crippen LogP contribution in [0.5, 0.6) is 0 Å². The number of aromatic nitrogens is 7. The van der Waals surface area contributed by atoms with Gasteiger partial charge in [-0.3, -0.25) is 14.1 Å². The lowest BCUT2D eigenvalue weighted by Gasteiger charge is -2.10. The first kappa shape index (κ1) is 22.9. The van der Waals surface area contributed by atoms with Crippen LogP contribution in [0, 0.1) is 0 Å². The minimum Gasteiger partial charge on any atom is -0.288 e. The van der Waals surface area contributed by atoms with Gasteiger partial charge in [0.25, 0.3) is 0 Å². The van der Waals surface area contributed by atoms with Crippen molar-refractivity contribution in [1.82, 2.24) is 33.3 Å². The van der Waals surface area contributed by atoms with Crippen LogP contribution in [0.25, 0.3) is 38.9 Å². The Morgan fingerprint density at radius 3 is 2.41 bits per heavy atom. The van der Waals surface area contributed by atoms with Crippen LogP contribution >= 0.6 is 0 Å². The Bertz CT molecular complexity index is 1920. The van der Waals surface area contributed by atoms with Crippen molar-refractivity contribution < 1.29 is 21.6 Å². The number of hydrogen-bond donors (Lipinski definition) is 0. The SMILES string of the molecule is Cn1cc(-c2cnc3cnn(S(=O)(=O)c4cnc5ccc(-c6cccc(C(F)(F)F)c6)cn45)c3c2)cn1. The van der Waals surface area contributed by atoms with Crippen molar-refractivity contribution in [2.45, 2.75) is 11.2 Å². The first-order valence-electron chi connectivity index (χ1n) is 10.8. The van der Waals surface area contributed by atoms with E-state index in [0.29, 0.717) is 22.3 Å². The summed E-state index contributed by atoms with van der Waals surface area (Å²) in [6.45, 7) is 0. The molecule has 0 aliphatic heterocycles. The summed E-state index contributed by atoms with van der Waals surface area (Å²) >= 11 is 0. The van der Waals surface area contributed by atoms with Gasteiger partial charge in [0.1, 0.15) is 16.7 Å². The summed E-state index contributed by atoms with van der Waals surface area (Å²) < 4.78 is 70.9. The minimum absolute atomic E-state index is 0.201. The van der Waals surface area contributed by atoms with E-state index in [0.717, 1.165) is 21.8 Å². The van der Waals surface area contributed by atoms with E-state index in [1.807, 2.05) is 0 Å². The smallest absolute Gasteiger partial charge is 0.288 e. The van der Waals surface area contributed by atoms with Gasteiger partial charge < -0.3 is 0 Å². The summed E-state index contributed by atoms with van der Waals surface area (Å²) in [5, 5.41) is 8.00. The molecule has 0 amide bonds. The molecule has 0 saturated carbocycles. The number of hydrogen-bond acceptors (Lipinski definition) is 6. The van der Waals surface area contributed by atoms with Crippen molar-refractivity contribution in [3.63, 3.8) is 0 Å². The van der Waals surface area contributed by atoms with E-state index >= 15 is 0 Å². The maximum atomic E-state index is 13.7. The fourth-order valence-corrected chi connectivity index (χ4v) is 5.42. The Labute approximate surface area is 207 Å². The highest BCUT2D eigenvalue weighted by molar-refractivity contribution is 7.90. The van der Waals surface area contributed by atoms with Gasteiger partial charge in [-0.1, -0.05) is 12.1 Å². The Morgan fingerprint density at radius 1 is 0.811 bits per heavy atom. The van der Waals surface area contributed by atoms with Crippen molar-refractivity contribution >= 4 is 26.7 Å². The Hall–Kier alpha value is -4.52. The van der Waals surface area contributed by atoms with Crippen molar-refractivity contribution in [1.29, 1.82) is 0 Å². The molecule has 186 valence electrons. The second-order valence-corrected chi connectivity index (χ2v) is 10.1. The zero-order valence-electron chi connectivity index (χ0n) is 19.0. The molecule has 13 heteroatoms. The van der Waals surface area contributed by atoms with E-state index in [1.54, 1.807) is 42.5 Å². The van der Waals surface area contributed by atoms with E-state index in [1.165, 1.54) is 41.2 Å². The van der Waals surface area contributed by atoms with E-state index in [9.17, 15) is 21.6 Å². The van der Waals surface area contributed by atoms with Gasteiger partial charge >= 0.3 is 16.2 Å². The van der Waals surface area contributed by atoms with Gasteiger partial charge in [-0.25, -0.2) is 4.98 Å². The zero-order valence-corrected chi connectivity index (χ0v) is 19.8. The van der Waals surface area contributed by atoms with Gasteiger partial charge in [0.15, 0.2) is 5.03 Å². The summed E-state index contributed by atoms with van der Waals surface area (Å²) in [6.07, 6.45) is 4.48. The fourth-order valence-electron chi connectivity index (χ4n) is 4.09. The molecular weight excluding hydrogens is 507 g/mol. The highest BCUT2D eigenvalue weighted by atomic mass is 32.2. The molecule has 0 radical (unpaired) electrons. The van der Waals surface area contributed by atoms with E-state index in [4.69, 9.17) is 0 Å². The number of aryl methyl sites for hydroxylation is 1. The molecule has 5 heterocycles. The number of rotatable bonds is 4. The summed E-state index contributed by atoms with van der Waals surface area (Å²) in [5.41, 5.74) is 2.20. The topological polar surface area (TPSA) is 100.0 Å². The van der Waals surface area contributed by atoms with Crippen molar-refractivity contribution in [2.24, 2.45) is 7.05 Å². The van der Waals surface area contributed by atoms with Crippen LogP contribution in [-0.4, -0.2) is 41.8 Å². The second kappa shape index (κ2) is 8.00. The van der Waals surface area contributed by atoms with E-state index < -0.39 is 21.8 Å². The molecule has 5 aromatic heterocycles. The summed E-state index contributed by atoms with van der Waals surface area (Å²) in [5.74, 6) is 0. The number of benzene rings is 1. The molecule has 0 aliphatic rings. The van der Waals surface area contributed by atoms with E-state index in [-0.39, 0.29) is 16.1 Å². The molecule has 0 atom stereocenters. The average molecular weight is 524 g/mol. The predicted octanol–water partition coefficient (Wildman–Crippen LogP) is 4.40. The normalized spacial score (nSPS) is 12.5. The lowest BCUT2D eigenvalue weighted by atomic mass is 10.0. The van der Waals surface area contributed by atoms with Gasteiger partial charge in [-0.2, -0.15) is 35.9 Å². The number of fused-ring (bicyclic) bond motifs is 2. The Balaban J connectivity index is 1.47. The number of imidazole rings is 1. The van der Waals surface area contributed by atoms with E-state index in [2.05, 4.69) is 20.2 Å². The fraction of sp³-hybridized carbons (Fsp3) is 0.0833. The number of halogens is 3. The quantitative estimate of drug-likeness (QED) is 0.340. The zero-order chi connectivity index (χ0) is 25.9. The first-order valence-corrected chi connectivity index (χ1v) is 12.3. The monoisotopic (exact) mass is 523 g/mol. The Morgan fingerprint density at radius 2 is 1.65 bits per heavy atom. The van der Waals surface area contributed by atoms with Gasteiger partial charge in [0, 0.05) is 36.8 Å². The van der Waals surface area contributed by atoms with Crippen LogP contribution < -0.4 is 0 Å². The number of nitrogens with zero attached hydrogens (tertiary/aromatic N) is 7. The molecule has 37 heavy (non-hydrogen) atoms. The van der Waals surface area contributed by atoms with Crippen molar-refractivity contribution in [3.05, 3.63) is 85.2 Å². The lowest BCUT2D eigenvalue weighted by molar-refractivity contribution is -0.137. The van der Waals surface area contributed by atoms with Crippen molar-refractivity contribution in [3.8, 4) is 22.3 Å². The molecule has 0 bridgehead atoms. The van der Waals surface area contributed by atoms with Crippen LogP contribution in [0.2, 0.25) is 0 Å². The molecule has 6 rings (SSSR count). The molecule has 0 N–H and O–H groups in total. The molecule has 9 nitrogen and oxygen atoms in total. The van der Waals surface area contributed by atoms with Gasteiger partial charge in [0.2, 0.25) is 0 Å². The number of pyridine rings is 2. The maximum Gasteiger partial charge on any atom is 0.416 e. The predicted molar refractivity (Wildman–Crippen MR) is 128 cm³/mol. The molecule has 0 unspecified atom stereocenters. The van der Waals surface area contributed by atoms with Crippen LogP contribution in [0.1, 0.15) is 5.56 Å². The second-order valence-electron chi connectivity index (χ2n) is 8.34. The molecule has 0 fully saturated rings. The van der Waals surface area contributed by atoms with Crippen LogP contribution in [0.15, 0.2) is 84.7 Å². The molecule has 1 aromatic carbocycles. The minimum atomic E-state index is -4.51. The standard InChI is InChI=1S/C24H16F3N7O2S/c1-32-13-18(10-30-32)17-8-21-20(28-9-17)11-31-34(21)37(35,36)23-12-29-22-6-5-16(14-33(22)23)15-3-2-4-19(7-15)24(25,26)27/h2-14H,1H3. The van der Waals surface area contributed by atoms with Gasteiger partial charge in [0.05, 0.1) is 24.2 Å². The summed E-state index contributed by atoms with van der Waals surface area (Å²) in [4.78, 5) is 8.50. The summed E-state index contributed by atoms with van der Waals surface area (Å²) in [6, 6.07) is 9.59. The van der Waals surface area contributed by atoms with Crippen LogP contribution in [-0.2, 0) is 23.2 Å². The van der Waals surface area contributed by atoms with Crippen LogP contribution in [0.4, 0.5) is 13.2 Å². The van der Waals surface area contributed by atoms with Crippen molar-refractivity contribution in [2.75, 3.05) is 0 Å². The third-order valence-corrected chi connectivity index (χ3v) is 7.49. The molecule has 0 aliphatic carbocycles. The average Bonchev–Trinajstić information content (AvgIpc) is 3.61. The molecule has 6 aromatic rings. The molecular formula is C24H16F3N7O2S. The molecule has 0 spiro atoms. The largest absolute Gasteiger partial charge is 0.416 e. The Kier molecular flexibility index (Phi) is 4.95. The molecule has 0 saturated heterocycles. The first-order chi connectivity index (χ1) is 17.6. The maximum absolute atomic E-state index is 13.7. The number of alkyl halides is 3. The van der Waals surface area contributed by atoms with Crippen LogP contribution in [0.3, 0.4) is 0 Å².